The minimum absolute atomic E-state index is 0.0703. The van der Waals surface area contributed by atoms with Crippen molar-refractivity contribution in [3.05, 3.63) is 81.6 Å². The van der Waals surface area contributed by atoms with E-state index >= 15 is 0 Å². The molecule has 2 heterocycles. The van der Waals surface area contributed by atoms with Crippen LogP contribution in [0.25, 0.3) is 10.9 Å². The van der Waals surface area contributed by atoms with Crippen LogP contribution in [0.3, 0.4) is 0 Å². The van der Waals surface area contributed by atoms with Gasteiger partial charge in [-0.3, -0.25) is 19.0 Å². The zero-order chi connectivity index (χ0) is 32.5. The lowest BCUT2D eigenvalue weighted by Crippen LogP contribution is -2.28. The second-order valence-electron chi connectivity index (χ2n) is 10.4. The molecule has 12 nitrogen and oxygen atoms in total. The summed E-state index contributed by atoms with van der Waals surface area (Å²) in [6.45, 7) is 1.74. The molecule has 13 heteroatoms. The predicted octanol–water partition coefficient (Wildman–Crippen LogP) is 3.41. The maximum absolute atomic E-state index is 13.7. The SMILES string of the molecule is COCCCNC(=O)CSc1nc2cc3c(cc2c(=O)n1Cc1ccc(C(=O)NCCc2ccc(OC)c(OC)c2)cc1)OCO3. The van der Waals surface area contributed by atoms with E-state index in [-0.39, 0.29) is 36.5 Å². The minimum atomic E-state index is -0.275. The number of nitrogens with one attached hydrogen (secondary N) is 2. The highest BCUT2D eigenvalue weighted by atomic mass is 32.2. The van der Waals surface area contributed by atoms with E-state index in [1.807, 2.05) is 18.2 Å². The second kappa shape index (κ2) is 15.5. The Bertz CT molecular complexity index is 1760. The lowest BCUT2D eigenvalue weighted by Gasteiger charge is -2.14. The van der Waals surface area contributed by atoms with E-state index < -0.39 is 0 Å². The Morgan fingerprint density at radius 2 is 1.65 bits per heavy atom. The Hall–Kier alpha value is -4.75. The van der Waals surface area contributed by atoms with Gasteiger partial charge in [-0.05, 0) is 54.3 Å². The van der Waals surface area contributed by atoms with E-state index in [0.29, 0.717) is 77.2 Å². The Balaban J connectivity index is 1.28. The third kappa shape index (κ3) is 7.90. The summed E-state index contributed by atoms with van der Waals surface area (Å²) in [5.41, 5.74) is 2.46. The molecule has 0 spiro atoms. The summed E-state index contributed by atoms with van der Waals surface area (Å²) >= 11 is 1.18. The Kier molecular flexibility index (Phi) is 11.0. The summed E-state index contributed by atoms with van der Waals surface area (Å²) in [5, 5.41) is 6.56. The van der Waals surface area contributed by atoms with Crippen molar-refractivity contribution in [1.82, 2.24) is 20.2 Å². The maximum atomic E-state index is 13.7. The summed E-state index contributed by atoms with van der Waals surface area (Å²) in [5.74, 6) is 1.98. The number of carbonyl (C=O) groups excluding carboxylic acids is 2. The van der Waals surface area contributed by atoms with Gasteiger partial charge in [0.05, 0.1) is 37.4 Å². The molecule has 0 atom stereocenters. The summed E-state index contributed by atoms with van der Waals surface area (Å²) in [6, 6.07) is 16.0. The van der Waals surface area contributed by atoms with Gasteiger partial charge in [0.25, 0.3) is 11.5 Å². The second-order valence-corrected chi connectivity index (χ2v) is 11.3. The van der Waals surface area contributed by atoms with Gasteiger partial charge >= 0.3 is 0 Å². The van der Waals surface area contributed by atoms with Gasteiger partial charge in [0.2, 0.25) is 12.7 Å². The molecule has 242 valence electrons. The van der Waals surface area contributed by atoms with Crippen molar-refractivity contribution in [3.63, 3.8) is 0 Å². The fourth-order valence-corrected chi connectivity index (χ4v) is 5.70. The molecule has 3 aromatic carbocycles. The van der Waals surface area contributed by atoms with Crippen LogP contribution in [0.4, 0.5) is 0 Å². The fraction of sp³-hybridized carbons (Fsp3) is 0.333. The van der Waals surface area contributed by atoms with Gasteiger partial charge in [-0.15, -0.1) is 0 Å². The topological polar surface area (TPSA) is 139 Å². The number of carbonyl (C=O) groups is 2. The van der Waals surface area contributed by atoms with Crippen LogP contribution in [0.15, 0.2) is 64.5 Å². The van der Waals surface area contributed by atoms with E-state index in [9.17, 15) is 14.4 Å². The van der Waals surface area contributed by atoms with Crippen molar-refractivity contribution in [2.24, 2.45) is 0 Å². The van der Waals surface area contributed by atoms with Gasteiger partial charge in [-0.2, -0.15) is 0 Å². The average molecular weight is 649 g/mol. The molecule has 0 bridgehead atoms. The third-order valence-electron chi connectivity index (χ3n) is 7.30. The van der Waals surface area contributed by atoms with E-state index in [4.69, 9.17) is 28.7 Å². The molecule has 46 heavy (non-hydrogen) atoms. The van der Waals surface area contributed by atoms with Crippen molar-refractivity contribution in [2.75, 3.05) is 53.6 Å². The zero-order valence-electron chi connectivity index (χ0n) is 25.9. The monoisotopic (exact) mass is 648 g/mol. The summed E-state index contributed by atoms with van der Waals surface area (Å²) in [4.78, 5) is 43.8. The molecule has 0 unspecified atom stereocenters. The quantitative estimate of drug-likeness (QED) is 0.112. The highest BCUT2D eigenvalue weighted by molar-refractivity contribution is 7.99. The maximum Gasteiger partial charge on any atom is 0.262 e. The molecule has 0 saturated heterocycles. The molecule has 5 rings (SSSR count). The third-order valence-corrected chi connectivity index (χ3v) is 8.27. The molecule has 1 aliphatic rings. The molecule has 1 aliphatic heterocycles. The van der Waals surface area contributed by atoms with E-state index in [1.54, 1.807) is 57.7 Å². The summed E-state index contributed by atoms with van der Waals surface area (Å²) in [7, 11) is 4.78. The highest BCUT2D eigenvalue weighted by Crippen LogP contribution is 2.35. The molecular formula is C33H36N4O8S. The lowest BCUT2D eigenvalue weighted by molar-refractivity contribution is -0.118. The van der Waals surface area contributed by atoms with Gasteiger partial charge in [0.15, 0.2) is 28.2 Å². The number of amides is 2. The van der Waals surface area contributed by atoms with E-state index in [0.717, 1.165) is 11.1 Å². The van der Waals surface area contributed by atoms with Gasteiger partial charge in [-0.1, -0.05) is 30.0 Å². The minimum Gasteiger partial charge on any atom is -0.493 e. The first-order valence-electron chi connectivity index (χ1n) is 14.7. The van der Waals surface area contributed by atoms with Gasteiger partial charge < -0.3 is 34.3 Å². The average Bonchev–Trinajstić information content (AvgIpc) is 3.54. The van der Waals surface area contributed by atoms with Crippen LogP contribution in [0.2, 0.25) is 0 Å². The number of fused-ring (bicyclic) bond motifs is 2. The molecule has 1 aromatic heterocycles. The highest BCUT2D eigenvalue weighted by Gasteiger charge is 2.20. The first kappa shape index (κ1) is 32.6. The Labute approximate surface area is 270 Å². The normalized spacial score (nSPS) is 11.8. The van der Waals surface area contributed by atoms with Crippen LogP contribution in [0, 0.1) is 0 Å². The predicted molar refractivity (Wildman–Crippen MR) is 173 cm³/mol. The number of thioether (sulfide) groups is 1. The molecular weight excluding hydrogens is 612 g/mol. The van der Waals surface area contributed by atoms with Crippen LogP contribution < -0.4 is 35.1 Å². The Morgan fingerprint density at radius 1 is 0.913 bits per heavy atom. The van der Waals surface area contributed by atoms with Crippen molar-refractivity contribution in [3.8, 4) is 23.0 Å². The number of hydrogen-bond donors (Lipinski definition) is 2. The van der Waals surface area contributed by atoms with Crippen LogP contribution in [-0.2, 0) is 22.5 Å². The number of ether oxygens (including phenoxy) is 5. The van der Waals surface area contributed by atoms with Gasteiger partial charge in [-0.25, -0.2) is 4.98 Å². The molecule has 0 radical (unpaired) electrons. The number of rotatable bonds is 15. The molecule has 4 aromatic rings. The molecule has 2 amide bonds. The molecule has 0 saturated carbocycles. The van der Waals surface area contributed by atoms with Crippen molar-refractivity contribution >= 4 is 34.5 Å². The van der Waals surface area contributed by atoms with Gasteiger partial charge in [0.1, 0.15) is 0 Å². The number of hydrogen-bond acceptors (Lipinski definition) is 10. The summed E-state index contributed by atoms with van der Waals surface area (Å²) < 4.78 is 28.1. The largest absolute Gasteiger partial charge is 0.493 e. The van der Waals surface area contributed by atoms with Crippen LogP contribution in [-0.4, -0.2) is 74.9 Å². The first-order chi connectivity index (χ1) is 22.4. The Morgan fingerprint density at radius 3 is 2.39 bits per heavy atom. The number of nitrogens with zero attached hydrogens (tertiary/aromatic N) is 2. The van der Waals surface area contributed by atoms with E-state index in [2.05, 4.69) is 10.6 Å². The first-order valence-corrected chi connectivity index (χ1v) is 15.7. The lowest BCUT2D eigenvalue weighted by atomic mass is 10.1. The smallest absolute Gasteiger partial charge is 0.262 e. The zero-order valence-corrected chi connectivity index (χ0v) is 26.7. The van der Waals surface area contributed by atoms with Crippen molar-refractivity contribution in [2.45, 2.75) is 24.5 Å². The molecule has 0 aliphatic carbocycles. The van der Waals surface area contributed by atoms with Crippen molar-refractivity contribution < 1.29 is 33.3 Å². The van der Waals surface area contributed by atoms with Crippen molar-refractivity contribution in [1.29, 1.82) is 0 Å². The van der Waals surface area contributed by atoms with Crippen LogP contribution in [0.1, 0.15) is 27.9 Å². The van der Waals surface area contributed by atoms with Gasteiger partial charge in [0, 0.05) is 38.4 Å². The molecule has 0 fully saturated rings. The molecule has 2 N–H and O–H groups in total. The standard InChI is InChI=1S/C33H36N4O8S/c1-41-14-4-12-34-30(38)19-46-33-36-25-17-29-28(44-20-45-29)16-24(25)32(40)37(33)18-22-5-8-23(9-6-22)31(39)35-13-11-21-7-10-26(42-2)27(15-21)43-3/h5-10,15-17H,4,11-14,18-20H2,1-3H3,(H,34,38)(H,35,39). The number of methoxy groups -OCH3 is 3. The number of benzene rings is 3. The number of aromatic nitrogens is 2. The summed E-state index contributed by atoms with van der Waals surface area (Å²) in [6.07, 6.45) is 1.32. The fourth-order valence-electron chi connectivity index (χ4n) is 4.87. The van der Waals surface area contributed by atoms with Crippen LogP contribution in [0.5, 0.6) is 23.0 Å². The van der Waals surface area contributed by atoms with E-state index in [1.165, 1.54) is 16.3 Å². The van der Waals surface area contributed by atoms with Crippen LogP contribution >= 0.6 is 11.8 Å².